The molecule has 142 valence electrons. The predicted octanol–water partition coefficient (Wildman–Crippen LogP) is 3.78. The van der Waals surface area contributed by atoms with E-state index < -0.39 is 23.2 Å². The third-order valence-electron chi connectivity index (χ3n) is 4.95. The molecule has 1 atom stereocenters. The highest BCUT2D eigenvalue weighted by Gasteiger charge is 2.44. The van der Waals surface area contributed by atoms with E-state index >= 15 is 0 Å². The summed E-state index contributed by atoms with van der Waals surface area (Å²) in [7, 11) is 0. The average Bonchev–Trinajstić information content (AvgIpc) is 3.02. The molecule has 0 saturated carbocycles. The van der Waals surface area contributed by atoms with Crippen molar-refractivity contribution in [2.75, 3.05) is 4.90 Å². The molecule has 0 fully saturated rings. The molecule has 1 aliphatic heterocycles. The van der Waals surface area contributed by atoms with E-state index in [0.29, 0.717) is 11.4 Å². The Morgan fingerprint density at radius 2 is 1.97 bits per heavy atom. The van der Waals surface area contributed by atoms with Crippen molar-refractivity contribution in [3.05, 3.63) is 99.5 Å². The van der Waals surface area contributed by atoms with Gasteiger partial charge in [0.15, 0.2) is 5.43 Å². The van der Waals surface area contributed by atoms with Gasteiger partial charge in [-0.3, -0.25) is 19.5 Å². The van der Waals surface area contributed by atoms with Crippen LogP contribution in [0.2, 0.25) is 0 Å². The minimum absolute atomic E-state index is 0.0636. The SMILES string of the molecule is Cc1cccc(N2C(=O)c3oc4ccc(F)cc4c(=O)c3[C@H]2c2cccnc2)n1. The molecule has 7 heteroatoms. The Bertz CT molecular complexity index is 1330. The van der Waals surface area contributed by atoms with Crippen molar-refractivity contribution in [1.29, 1.82) is 0 Å². The second-order valence-corrected chi connectivity index (χ2v) is 6.82. The highest BCUT2D eigenvalue weighted by atomic mass is 19.1. The minimum atomic E-state index is -0.774. The number of pyridine rings is 2. The van der Waals surface area contributed by atoms with Gasteiger partial charge in [-0.05, 0) is 48.9 Å². The Hall–Kier alpha value is -3.87. The Labute approximate surface area is 164 Å². The van der Waals surface area contributed by atoms with Crippen LogP contribution in [0.25, 0.3) is 11.0 Å². The number of rotatable bonds is 2. The van der Waals surface area contributed by atoms with Crippen molar-refractivity contribution in [1.82, 2.24) is 9.97 Å². The number of nitrogens with zero attached hydrogens (tertiary/aromatic N) is 3. The number of carbonyl (C=O) groups is 1. The molecule has 29 heavy (non-hydrogen) atoms. The fraction of sp³-hybridized carbons (Fsp3) is 0.0909. The van der Waals surface area contributed by atoms with E-state index in [-0.39, 0.29) is 22.3 Å². The van der Waals surface area contributed by atoms with Crippen molar-refractivity contribution in [2.45, 2.75) is 13.0 Å². The maximum atomic E-state index is 13.8. The molecule has 0 saturated heterocycles. The summed E-state index contributed by atoms with van der Waals surface area (Å²) in [6.45, 7) is 1.82. The average molecular weight is 387 g/mol. The van der Waals surface area contributed by atoms with Crippen LogP contribution in [0.5, 0.6) is 0 Å². The molecule has 0 aliphatic carbocycles. The van der Waals surface area contributed by atoms with Gasteiger partial charge in [-0.2, -0.15) is 0 Å². The lowest BCUT2D eigenvalue weighted by Crippen LogP contribution is -2.30. The van der Waals surface area contributed by atoms with Crippen LogP contribution in [-0.4, -0.2) is 15.9 Å². The molecule has 3 aromatic heterocycles. The maximum Gasteiger partial charge on any atom is 0.296 e. The zero-order valence-electron chi connectivity index (χ0n) is 15.3. The number of aryl methyl sites for hydroxylation is 1. The first-order valence-corrected chi connectivity index (χ1v) is 8.98. The molecule has 0 radical (unpaired) electrons. The van der Waals surface area contributed by atoms with Crippen molar-refractivity contribution >= 4 is 22.7 Å². The summed E-state index contributed by atoms with van der Waals surface area (Å²) in [5.74, 6) is -0.698. The Balaban J connectivity index is 1.84. The molecule has 4 heterocycles. The van der Waals surface area contributed by atoms with Crippen LogP contribution >= 0.6 is 0 Å². The van der Waals surface area contributed by atoms with E-state index in [9.17, 15) is 14.0 Å². The number of aromatic nitrogens is 2. The molecule has 0 N–H and O–H groups in total. The van der Waals surface area contributed by atoms with E-state index in [2.05, 4.69) is 9.97 Å². The quantitative estimate of drug-likeness (QED) is 0.523. The van der Waals surface area contributed by atoms with E-state index in [1.807, 2.05) is 13.0 Å². The molecule has 0 unspecified atom stereocenters. The van der Waals surface area contributed by atoms with Crippen LogP contribution < -0.4 is 10.3 Å². The van der Waals surface area contributed by atoms with E-state index in [1.165, 1.54) is 17.0 Å². The normalized spacial score (nSPS) is 15.7. The molecule has 1 aliphatic rings. The molecule has 6 nitrogen and oxygen atoms in total. The summed E-state index contributed by atoms with van der Waals surface area (Å²) in [6.07, 6.45) is 3.19. The smallest absolute Gasteiger partial charge is 0.296 e. The summed E-state index contributed by atoms with van der Waals surface area (Å²) < 4.78 is 19.6. The van der Waals surface area contributed by atoms with E-state index in [0.717, 1.165) is 11.8 Å². The second kappa shape index (κ2) is 6.34. The summed E-state index contributed by atoms with van der Waals surface area (Å²) in [5, 5.41) is 0.0875. The van der Waals surface area contributed by atoms with Crippen LogP contribution in [-0.2, 0) is 0 Å². The zero-order chi connectivity index (χ0) is 20.1. The lowest BCUT2D eigenvalue weighted by atomic mass is 10.00. The molecule has 4 aromatic rings. The van der Waals surface area contributed by atoms with Crippen molar-refractivity contribution in [3.63, 3.8) is 0 Å². The number of fused-ring (bicyclic) bond motifs is 2. The number of anilines is 1. The summed E-state index contributed by atoms with van der Waals surface area (Å²) >= 11 is 0. The number of hydrogen-bond acceptors (Lipinski definition) is 5. The van der Waals surface area contributed by atoms with Crippen LogP contribution in [0, 0.1) is 12.7 Å². The van der Waals surface area contributed by atoms with Gasteiger partial charge >= 0.3 is 0 Å². The van der Waals surface area contributed by atoms with Crippen molar-refractivity contribution < 1.29 is 13.6 Å². The van der Waals surface area contributed by atoms with Gasteiger partial charge in [-0.1, -0.05) is 12.1 Å². The molecule has 5 rings (SSSR count). The van der Waals surface area contributed by atoms with Gasteiger partial charge in [0, 0.05) is 18.1 Å². The van der Waals surface area contributed by atoms with Crippen molar-refractivity contribution in [3.8, 4) is 0 Å². The Morgan fingerprint density at radius 3 is 2.72 bits per heavy atom. The van der Waals surface area contributed by atoms with Crippen LogP contribution in [0.15, 0.2) is 70.1 Å². The molecular weight excluding hydrogens is 373 g/mol. The summed E-state index contributed by atoms with van der Waals surface area (Å²) in [4.78, 5) is 36.6. The summed E-state index contributed by atoms with van der Waals surface area (Å²) in [5.41, 5.74) is 1.23. The van der Waals surface area contributed by atoms with Gasteiger partial charge in [-0.15, -0.1) is 0 Å². The van der Waals surface area contributed by atoms with Gasteiger partial charge in [0.1, 0.15) is 17.2 Å². The predicted molar refractivity (Wildman–Crippen MR) is 104 cm³/mol. The minimum Gasteiger partial charge on any atom is -0.450 e. The van der Waals surface area contributed by atoms with Crippen LogP contribution in [0.3, 0.4) is 0 Å². The van der Waals surface area contributed by atoms with Gasteiger partial charge in [0.05, 0.1) is 17.0 Å². The third kappa shape index (κ3) is 2.62. The van der Waals surface area contributed by atoms with E-state index in [1.54, 1.807) is 36.7 Å². The fourth-order valence-electron chi connectivity index (χ4n) is 3.70. The summed E-state index contributed by atoms with van der Waals surface area (Å²) in [6, 6.07) is 11.7. The molecule has 0 bridgehead atoms. The first-order valence-electron chi connectivity index (χ1n) is 8.98. The number of carbonyl (C=O) groups excluding carboxylic acids is 1. The lowest BCUT2D eigenvalue weighted by Gasteiger charge is -2.24. The van der Waals surface area contributed by atoms with Gasteiger partial charge in [0.2, 0.25) is 5.76 Å². The lowest BCUT2D eigenvalue weighted by molar-refractivity contribution is 0.0970. The highest BCUT2D eigenvalue weighted by Crippen LogP contribution is 2.40. The molecular formula is C22H14FN3O3. The van der Waals surface area contributed by atoms with Crippen molar-refractivity contribution in [2.24, 2.45) is 0 Å². The largest absolute Gasteiger partial charge is 0.450 e. The first-order chi connectivity index (χ1) is 14.0. The van der Waals surface area contributed by atoms with E-state index in [4.69, 9.17) is 4.42 Å². The Morgan fingerprint density at radius 1 is 1.10 bits per heavy atom. The first kappa shape index (κ1) is 17.2. The number of halogens is 1. The highest BCUT2D eigenvalue weighted by molar-refractivity contribution is 6.10. The molecule has 0 spiro atoms. The van der Waals surface area contributed by atoms with Crippen LogP contribution in [0.4, 0.5) is 10.2 Å². The molecule has 1 amide bonds. The fourth-order valence-corrected chi connectivity index (χ4v) is 3.70. The van der Waals surface area contributed by atoms with Crippen LogP contribution in [0.1, 0.15) is 33.4 Å². The standard InChI is InChI=1S/C22H14FN3O3/c1-12-4-2-6-17(25-12)26-19(13-5-3-9-24-11-13)18-20(27)15-10-14(23)7-8-16(15)29-21(18)22(26)28/h2-11,19H,1H3/t19-/m1/s1. The number of hydrogen-bond donors (Lipinski definition) is 0. The Kier molecular flexibility index (Phi) is 3.77. The number of benzene rings is 1. The van der Waals surface area contributed by atoms with Gasteiger partial charge in [-0.25, -0.2) is 9.37 Å². The zero-order valence-corrected chi connectivity index (χ0v) is 15.3. The van der Waals surface area contributed by atoms with Gasteiger partial charge in [0.25, 0.3) is 5.91 Å². The topological polar surface area (TPSA) is 76.3 Å². The van der Waals surface area contributed by atoms with Gasteiger partial charge < -0.3 is 4.42 Å². The molecule has 1 aromatic carbocycles. The third-order valence-corrected chi connectivity index (χ3v) is 4.95. The number of amides is 1. The monoisotopic (exact) mass is 387 g/mol. The maximum absolute atomic E-state index is 13.8. The second-order valence-electron chi connectivity index (χ2n) is 6.82.